The van der Waals surface area contributed by atoms with E-state index >= 15 is 0 Å². The molecule has 110 valence electrons. The topological polar surface area (TPSA) is 41.5 Å². The highest BCUT2D eigenvalue weighted by Gasteiger charge is 2.00. The molecule has 0 aromatic heterocycles. The number of amides is 1. The SMILES string of the molecule is CCCCCCCC(=O)N/N=C/c1ccc(F)c(Br)c1. The number of unbranched alkanes of at least 4 members (excludes halogenated alkanes) is 4. The molecular formula is C15H20BrFN2O. The second kappa shape index (κ2) is 9.64. The molecule has 0 bridgehead atoms. The molecule has 0 heterocycles. The Bertz CT molecular complexity index is 463. The maximum atomic E-state index is 13.0. The number of carbonyl (C=O) groups is 1. The lowest BCUT2D eigenvalue weighted by atomic mass is 10.1. The number of benzene rings is 1. The largest absolute Gasteiger partial charge is 0.273 e. The number of carbonyl (C=O) groups excluding carboxylic acids is 1. The van der Waals surface area contributed by atoms with Crippen molar-refractivity contribution in [2.45, 2.75) is 45.4 Å². The molecule has 0 radical (unpaired) electrons. The number of hydrazone groups is 1. The molecule has 0 spiro atoms. The summed E-state index contributed by atoms with van der Waals surface area (Å²) in [6.45, 7) is 2.16. The normalized spacial score (nSPS) is 10.9. The van der Waals surface area contributed by atoms with Gasteiger partial charge in [0.1, 0.15) is 5.82 Å². The van der Waals surface area contributed by atoms with Gasteiger partial charge in [0.25, 0.3) is 0 Å². The van der Waals surface area contributed by atoms with E-state index in [-0.39, 0.29) is 11.7 Å². The summed E-state index contributed by atoms with van der Waals surface area (Å²) >= 11 is 3.10. The van der Waals surface area contributed by atoms with E-state index in [0.29, 0.717) is 10.9 Å². The van der Waals surface area contributed by atoms with Gasteiger partial charge in [-0.2, -0.15) is 5.10 Å². The van der Waals surface area contributed by atoms with Crippen molar-refractivity contribution in [1.29, 1.82) is 0 Å². The fourth-order valence-electron chi connectivity index (χ4n) is 1.72. The van der Waals surface area contributed by atoms with Gasteiger partial charge < -0.3 is 0 Å². The molecule has 0 atom stereocenters. The fourth-order valence-corrected chi connectivity index (χ4v) is 2.11. The highest BCUT2D eigenvalue weighted by atomic mass is 79.9. The van der Waals surface area contributed by atoms with Gasteiger partial charge in [0.2, 0.25) is 5.91 Å². The summed E-state index contributed by atoms with van der Waals surface area (Å²) in [5, 5.41) is 3.86. The first kappa shape index (κ1) is 16.8. The average molecular weight is 343 g/mol. The first-order valence-electron chi connectivity index (χ1n) is 6.90. The lowest BCUT2D eigenvalue weighted by molar-refractivity contribution is -0.121. The summed E-state index contributed by atoms with van der Waals surface area (Å²) in [4.78, 5) is 11.5. The van der Waals surface area contributed by atoms with E-state index in [1.54, 1.807) is 12.1 Å². The van der Waals surface area contributed by atoms with Crippen LogP contribution in [0.2, 0.25) is 0 Å². The third-order valence-electron chi connectivity index (χ3n) is 2.85. The van der Waals surface area contributed by atoms with Crippen molar-refractivity contribution in [3.05, 3.63) is 34.1 Å². The number of hydrogen-bond donors (Lipinski definition) is 1. The van der Waals surface area contributed by atoms with Crippen LogP contribution in [0.4, 0.5) is 4.39 Å². The highest BCUT2D eigenvalue weighted by molar-refractivity contribution is 9.10. The molecule has 0 saturated carbocycles. The van der Waals surface area contributed by atoms with Crippen LogP contribution in [0, 0.1) is 5.82 Å². The quantitative estimate of drug-likeness (QED) is 0.424. The zero-order valence-corrected chi connectivity index (χ0v) is 13.2. The second-order valence-corrected chi connectivity index (χ2v) is 5.49. The molecule has 0 aliphatic heterocycles. The van der Waals surface area contributed by atoms with E-state index in [2.05, 4.69) is 33.4 Å². The Morgan fingerprint density at radius 3 is 2.80 bits per heavy atom. The lowest BCUT2D eigenvalue weighted by Crippen LogP contribution is -2.16. The zero-order chi connectivity index (χ0) is 14.8. The molecule has 5 heteroatoms. The maximum Gasteiger partial charge on any atom is 0.240 e. The molecule has 0 fully saturated rings. The van der Waals surface area contributed by atoms with Crippen LogP contribution < -0.4 is 5.43 Å². The first-order valence-corrected chi connectivity index (χ1v) is 7.69. The van der Waals surface area contributed by atoms with Gasteiger partial charge in [0, 0.05) is 6.42 Å². The predicted octanol–water partition coefficient (Wildman–Crippen LogP) is 4.40. The minimum Gasteiger partial charge on any atom is -0.273 e. The summed E-state index contributed by atoms with van der Waals surface area (Å²) in [6.07, 6.45) is 7.56. The van der Waals surface area contributed by atoms with Gasteiger partial charge in [-0.05, 0) is 40.0 Å². The molecule has 1 N–H and O–H groups in total. The molecule has 1 amide bonds. The molecule has 1 aromatic carbocycles. The fraction of sp³-hybridized carbons (Fsp3) is 0.467. The second-order valence-electron chi connectivity index (χ2n) is 4.63. The number of rotatable bonds is 8. The molecule has 1 rings (SSSR count). The van der Waals surface area contributed by atoms with Gasteiger partial charge >= 0.3 is 0 Å². The van der Waals surface area contributed by atoms with Crippen molar-refractivity contribution in [3.63, 3.8) is 0 Å². The minimum atomic E-state index is -0.321. The van der Waals surface area contributed by atoms with Crippen molar-refractivity contribution in [2.75, 3.05) is 0 Å². The Morgan fingerprint density at radius 2 is 2.10 bits per heavy atom. The zero-order valence-electron chi connectivity index (χ0n) is 11.7. The first-order chi connectivity index (χ1) is 9.63. The average Bonchev–Trinajstić information content (AvgIpc) is 2.42. The van der Waals surface area contributed by atoms with E-state index in [1.807, 2.05) is 0 Å². The number of nitrogens with one attached hydrogen (secondary N) is 1. The molecule has 1 aromatic rings. The molecule has 0 unspecified atom stereocenters. The minimum absolute atomic E-state index is 0.0843. The van der Waals surface area contributed by atoms with Gasteiger partial charge in [-0.3, -0.25) is 4.79 Å². The van der Waals surface area contributed by atoms with E-state index in [4.69, 9.17) is 0 Å². The van der Waals surface area contributed by atoms with E-state index in [1.165, 1.54) is 31.5 Å². The van der Waals surface area contributed by atoms with E-state index < -0.39 is 0 Å². The van der Waals surface area contributed by atoms with Crippen molar-refractivity contribution in [2.24, 2.45) is 5.10 Å². The van der Waals surface area contributed by atoms with Crippen molar-refractivity contribution < 1.29 is 9.18 Å². The van der Waals surface area contributed by atoms with Gasteiger partial charge in [-0.25, -0.2) is 9.82 Å². The monoisotopic (exact) mass is 342 g/mol. The van der Waals surface area contributed by atoms with Gasteiger partial charge in [0.15, 0.2) is 0 Å². The van der Waals surface area contributed by atoms with Crippen LogP contribution in [0.15, 0.2) is 27.8 Å². The van der Waals surface area contributed by atoms with Crippen LogP contribution in [0.25, 0.3) is 0 Å². The highest BCUT2D eigenvalue weighted by Crippen LogP contribution is 2.15. The van der Waals surface area contributed by atoms with Crippen molar-refractivity contribution in [3.8, 4) is 0 Å². The molecule has 3 nitrogen and oxygen atoms in total. The standard InChI is InChI=1S/C15H20BrFN2O/c1-2-3-4-5-6-7-15(20)19-18-11-12-8-9-14(17)13(16)10-12/h8-11H,2-7H2,1H3,(H,19,20)/b18-11+. The Hall–Kier alpha value is -1.23. The van der Waals surface area contributed by atoms with Crippen LogP contribution in [-0.2, 0) is 4.79 Å². The van der Waals surface area contributed by atoms with Crippen LogP contribution in [0.5, 0.6) is 0 Å². The predicted molar refractivity (Wildman–Crippen MR) is 83.2 cm³/mol. The van der Waals surface area contributed by atoms with Gasteiger partial charge in [-0.15, -0.1) is 0 Å². The van der Waals surface area contributed by atoms with Crippen molar-refractivity contribution in [1.82, 2.24) is 5.43 Å². The molecule has 0 aliphatic rings. The Morgan fingerprint density at radius 1 is 1.35 bits per heavy atom. The Balaban J connectivity index is 2.26. The number of hydrogen-bond acceptors (Lipinski definition) is 2. The summed E-state index contributed by atoms with van der Waals surface area (Å²) < 4.78 is 13.4. The molecule has 0 saturated heterocycles. The third kappa shape index (κ3) is 6.80. The van der Waals surface area contributed by atoms with Crippen LogP contribution in [0.1, 0.15) is 51.0 Å². The van der Waals surface area contributed by atoms with Crippen LogP contribution in [-0.4, -0.2) is 12.1 Å². The third-order valence-corrected chi connectivity index (χ3v) is 3.46. The number of nitrogens with zero attached hydrogens (tertiary/aromatic N) is 1. The Labute approximate surface area is 127 Å². The maximum absolute atomic E-state index is 13.0. The Kier molecular flexibility index (Phi) is 8.11. The van der Waals surface area contributed by atoms with Crippen molar-refractivity contribution >= 4 is 28.1 Å². The number of halogens is 2. The summed E-state index contributed by atoms with van der Waals surface area (Å²) in [5.74, 6) is -0.405. The van der Waals surface area contributed by atoms with Gasteiger partial charge in [0.05, 0.1) is 10.7 Å². The molecule has 0 aliphatic carbocycles. The van der Waals surface area contributed by atoms with Gasteiger partial charge in [-0.1, -0.05) is 38.7 Å². The van der Waals surface area contributed by atoms with Crippen LogP contribution >= 0.6 is 15.9 Å². The van der Waals surface area contributed by atoms with Crippen LogP contribution in [0.3, 0.4) is 0 Å². The van der Waals surface area contributed by atoms with E-state index in [9.17, 15) is 9.18 Å². The van der Waals surface area contributed by atoms with E-state index in [0.717, 1.165) is 18.4 Å². The molecule has 20 heavy (non-hydrogen) atoms. The molecular weight excluding hydrogens is 323 g/mol. The summed E-state index contributed by atoms with van der Waals surface area (Å²) in [6, 6.07) is 4.55. The summed E-state index contributed by atoms with van der Waals surface area (Å²) in [5.41, 5.74) is 3.20. The summed E-state index contributed by atoms with van der Waals surface area (Å²) in [7, 11) is 0. The lowest BCUT2D eigenvalue weighted by Gasteiger charge is -2.00. The smallest absolute Gasteiger partial charge is 0.240 e.